The van der Waals surface area contributed by atoms with Crippen molar-refractivity contribution in [3.8, 4) is 11.3 Å². The lowest BCUT2D eigenvalue weighted by Gasteiger charge is -1.95. The SMILES string of the molecule is O=C(O)c1cc(-c2ccc3[nH]ncc3c2)n[nH]1. The van der Waals surface area contributed by atoms with Crippen LogP contribution in [0.2, 0.25) is 0 Å². The van der Waals surface area contributed by atoms with Crippen LogP contribution in [0.15, 0.2) is 30.5 Å². The summed E-state index contributed by atoms with van der Waals surface area (Å²) in [6, 6.07) is 7.15. The van der Waals surface area contributed by atoms with Crippen LogP contribution in [0.3, 0.4) is 0 Å². The van der Waals surface area contributed by atoms with Crippen LogP contribution >= 0.6 is 0 Å². The molecule has 0 radical (unpaired) electrons. The van der Waals surface area contributed by atoms with Crippen molar-refractivity contribution in [1.82, 2.24) is 20.4 Å². The number of hydrogen-bond acceptors (Lipinski definition) is 3. The minimum atomic E-state index is -1.02. The van der Waals surface area contributed by atoms with Gasteiger partial charge >= 0.3 is 5.97 Å². The van der Waals surface area contributed by atoms with Gasteiger partial charge in [-0.2, -0.15) is 10.2 Å². The van der Waals surface area contributed by atoms with Crippen molar-refractivity contribution in [3.63, 3.8) is 0 Å². The third-order valence-corrected chi connectivity index (χ3v) is 2.54. The van der Waals surface area contributed by atoms with E-state index < -0.39 is 5.97 Å². The monoisotopic (exact) mass is 228 g/mol. The Balaban J connectivity index is 2.09. The Bertz CT molecular complexity index is 698. The quantitative estimate of drug-likeness (QED) is 0.621. The zero-order valence-electron chi connectivity index (χ0n) is 8.64. The highest BCUT2D eigenvalue weighted by atomic mass is 16.4. The smallest absolute Gasteiger partial charge is 0.353 e. The molecule has 3 aromatic rings. The maximum absolute atomic E-state index is 10.7. The minimum absolute atomic E-state index is 0.0762. The van der Waals surface area contributed by atoms with Gasteiger partial charge in [0.2, 0.25) is 0 Å². The van der Waals surface area contributed by atoms with Crippen LogP contribution in [0.25, 0.3) is 22.2 Å². The summed E-state index contributed by atoms with van der Waals surface area (Å²) in [6.45, 7) is 0. The number of carboxylic acids is 1. The molecule has 0 amide bonds. The highest BCUT2D eigenvalue weighted by Crippen LogP contribution is 2.22. The molecule has 3 rings (SSSR count). The average Bonchev–Trinajstić information content (AvgIpc) is 2.97. The fourth-order valence-electron chi connectivity index (χ4n) is 1.68. The topological polar surface area (TPSA) is 94.7 Å². The molecule has 0 saturated heterocycles. The summed E-state index contributed by atoms with van der Waals surface area (Å²) in [5, 5.41) is 23.0. The van der Waals surface area contributed by atoms with Gasteiger partial charge in [0, 0.05) is 10.9 Å². The van der Waals surface area contributed by atoms with Crippen molar-refractivity contribution in [3.05, 3.63) is 36.2 Å². The van der Waals surface area contributed by atoms with E-state index in [1.54, 1.807) is 6.20 Å². The first kappa shape index (κ1) is 9.59. The summed E-state index contributed by atoms with van der Waals surface area (Å²) in [4.78, 5) is 10.7. The molecule has 1 aromatic carbocycles. The molecular weight excluding hydrogens is 220 g/mol. The van der Waals surface area contributed by atoms with Gasteiger partial charge < -0.3 is 5.11 Å². The first-order chi connectivity index (χ1) is 8.24. The Morgan fingerprint density at radius 2 is 2.12 bits per heavy atom. The number of aromatic carboxylic acids is 1. The number of hydrogen-bond donors (Lipinski definition) is 3. The molecule has 0 fully saturated rings. The van der Waals surface area contributed by atoms with Crippen molar-refractivity contribution in [2.75, 3.05) is 0 Å². The van der Waals surface area contributed by atoms with Crippen LogP contribution < -0.4 is 0 Å². The van der Waals surface area contributed by atoms with E-state index in [2.05, 4.69) is 20.4 Å². The third kappa shape index (κ3) is 1.55. The summed E-state index contributed by atoms with van der Waals surface area (Å²) < 4.78 is 0. The van der Waals surface area contributed by atoms with Gasteiger partial charge in [-0.25, -0.2) is 4.79 Å². The number of nitrogens with one attached hydrogen (secondary N) is 2. The van der Waals surface area contributed by atoms with Gasteiger partial charge in [0.25, 0.3) is 0 Å². The van der Waals surface area contributed by atoms with Crippen molar-refractivity contribution >= 4 is 16.9 Å². The van der Waals surface area contributed by atoms with Crippen LogP contribution in [0.4, 0.5) is 0 Å². The minimum Gasteiger partial charge on any atom is -0.477 e. The number of carbonyl (C=O) groups is 1. The highest BCUT2D eigenvalue weighted by molar-refractivity contribution is 5.88. The Hall–Kier alpha value is -2.63. The van der Waals surface area contributed by atoms with E-state index in [0.717, 1.165) is 16.5 Å². The third-order valence-electron chi connectivity index (χ3n) is 2.54. The van der Waals surface area contributed by atoms with Gasteiger partial charge in [0.1, 0.15) is 5.69 Å². The fraction of sp³-hybridized carbons (Fsp3) is 0. The number of nitrogens with zero attached hydrogens (tertiary/aromatic N) is 2. The van der Waals surface area contributed by atoms with E-state index in [1.165, 1.54) is 6.07 Å². The molecule has 0 aliphatic rings. The number of aromatic nitrogens is 4. The van der Waals surface area contributed by atoms with Crippen LogP contribution in [-0.2, 0) is 0 Å². The lowest BCUT2D eigenvalue weighted by atomic mass is 10.1. The van der Waals surface area contributed by atoms with E-state index in [0.29, 0.717) is 5.69 Å². The lowest BCUT2D eigenvalue weighted by molar-refractivity contribution is 0.0690. The summed E-state index contributed by atoms with van der Waals surface area (Å²) in [5.41, 5.74) is 2.46. The van der Waals surface area contributed by atoms with E-state index >= 15 is 0 Å². The molecule has 0 aliphatic heterocycles. The summed E-state index contributed by atoms with van der Waals surface area (Å²) in [6.07, 6.45) is 1.71. The molecular formula is C11H8N4O2. The Labute approximate surface area is 95.3 Å². The number of fused-ring (bicyclic) bond motifs is 1. The first-order valence-electron chi connectivity index (χ1n) is 4.96. The molecule has 0 unspecified atom stereocenters. The van der Waals surface area contributed by atoms with Crippen molar-refractivity contribution < 1.29 is 9.90 Å². The van der Waals surface area contributed by atoms with Gasteiger partial charge in [-0.3, -0.25) is 10.2 Å². The van der Waals surface area contributed by atoms with E-state index in [-0.39, 0.29) is 5.69 Å². The van der Waals surface area contributed by atoms with Gasteiger partial charge in [-0.05, 0) is 18.2 Å². The van der Waals surface area contributed by atoms with Crippen molar-refractivity contribution in [2.24, 2.45) is 0 Å². The van der Waals surface area contributed by atoms with Gasteiger partial charge in [-0.15, -0.1) is 0 Å². The Kier molecular flexibility index (Phi) is 1.94. The normalized spacial score (nSPS) is 10.8. The van der Waals surface area contributed by atoms with Gasteiger partial charge in [0.15, 0.2) is 0 Å². The molecule has 0 atom stereocenters. The second-order valence-corrected chi connectivity index (χ2v) is 3.64. The van der Waals surface area contributed by atoms with Crippen LogP contribution in [-0.4, -0.2) is 31.5 Å². The maximum Gasteiger partial charge on any atom is 0.353 e. The number of aromatic amines is 2. The molecule has 17 heavy (non-hydrogen) atoms. The molecule has 2 heterocycles. The molecule has 6 nitrogen and oxygen atoms in total. The van der Waals surface area contributed by atoms with E-state index in [4.69, 9.17) is 5.11 Å². The average molecular weight is 228 g/mol. The fourth-order valence-corrected chi connectivity index (χ4v) is 1.68. The molecule has 0 saturated carbocycles. The molecule has 6 heteroatoms. The summed E-state index contributed by atoms with van der Waals surface area (Å²) in [5.74, 6) is -1.02. The Morgan fingerprint density at radius 3 is 2.88 bits per heavy atom. The molecule has 0 bridgehead atoms. The Morgan fingerprint density at radius 1 is 1.24 bits per heavy atom. The largest absolute Gasteiger partial charge is 0.477 e. The second kappa shape index (κ2) is 3.44. The number of carboxylic acid groups (broad SMARTS) is 1. The van der Waals surface area contributed by atoms with Crippen LogP contribution in [0.1, 0.15) is 10.5 Å². The first-order valence-corrected chi connectivity index (χ1v) is 4.96. The van der Waals surface area contributed by atoms with Crippen LogP contribution in [0, 0.1) is 0 Å². The molecule has 0 spiro atoms. The summed E-state index contributed by atoms with van der Waals surface area (Å²) >= 11 is 0. The van der Waals surface area contributed by atoms with E-state index in [9.17, 15) is 4.79 Å². The predicted octanol–water partition coefficient (Wildman–Crippen LogP) is 1.65. The van der Waals surface area contributed by atoms with Gasteiger partial charge in [-0.1, -0.05) is 6.07 Å². The lowest BCUT2D eigenvalue weighted by Crippen LogP contribution is -1.95. The van der Waals surface area contributed by atoms with E-state index in [1.807, 2.05) is 18.2 Å². The van der Waals surface area contributed by atoms with Crippen molar-refractivity contribution in [2.45, 2.75) is 0 Å². The highest BCUT2D eigenvalue weighted by Gasteiger charge is 2.09. The predicted molar refractivity (Wildman–Crippen MR) is 60.6 cm³/mol. The van der Waals surface area contributed by atoms with Crippen molar-refractivity contribution in [1.29, 1.82) is 0 Å². The van der Waals surface area contributed by atoms with Crippen LogP contribution in [0.5, 0.6) is 0 Å². The second-order valence-electron chi connectivity index (χ2n) is 3.64. The number of rotatable bonds is 2. The molecule has 3 N–H and O–H groups in total. The standard InChI is InChI=1S/C11H8N4O2/c16-11(17)10-4-9(14-15-10)6-1-2-8-7(3-6)5-12-13-8/h1-5H,(H,12,13)(H,14,15)(H,16,17). The zero-order valence-corrected chi connectivity index (χ0v) is 8.64. The van der Waals surface area contributed by atoms with Gasteiger partial charge in [0.05, 0.1) is 17.4 Å². The maximum atomic E-state index is 10.7. The molecule has 2 aromatic heterocycles. The molecule has 0 aliphatic carbocycles. The number of H-pyrrole nitrogens is 2. The molecule has 84 valence electrons. The summed E-state index contributed by atoms with van der Waals surface area (Å²) in [7, 11) is 0. The zero-order chi connectivity index (χ0) is 11.8. The number of benzene rings is 1.